The van der Waals surface area contributed by atoms with E-state index in [1.807, 2.05) is 0 Å². The number of carboxylic acids is 1. The third-order valence-electron chi connectivity index (χ3n) is 2.72. The number of rotatable bonds is 4. The van der Waals surface area contributed by atoms with Crippen LogP contribution in [0.4, 0.5) is 4.39 Å². The molecule has 2 aromatic rings. The third-order valence-corrected chi connectivity index (χ3v) is 2.72. The lowest BCUT2D eigenvalue weighted by Gasteiger charge is -2.10. The number of pyridine rings is 1. The van der Waals surface area contributed by atoms with Gasteiger partial charge < -0.3 is 10.4 Å². The monoisotopic (exact) mass is 248 g/mol. The molecule has 18 heavy (non-hydrogen) atoms. The van der Waals surface area contributed by atoms with Gasteiger partial charge in [0.2, 0.25) is 0 Å². The number of aliphatic carboxylic acids is 1. The lowest BCUT2D eigenvalue weighted by Crippen LogP contribution is -2.33. The zero-order valence-corrected chi connectivity index (χ0v) is 9.85. The average Bonchev–Trinajstić information content (AvgIpc) is 2.35. The fourth-order valence-corrected chi connectivity index (χ4v) is 1.71. The van der Waals surface area contributed by atoms with E-state index >= 15 is 0 Å². The van der Waals surface area contributed by atoms with Crippen molar-refractivity contribution in [1.29, 1.82) is 0 Å². The van der Waals surface area contributed by atoms with Gasteiger partial charge in [0.05, 0.1) is 5.52 Å². The molecule has 0 bridgehead atoms. The van der Waals surface area contributed by atoms with Crippen LogP contribution in [0.1, 0.15) is 12.5 Å². The highest BCUT2D eigenvalue weighted by Crippen LogP contribution is 2.18. The molecule has 1 aromatic carbocycles. The zero-order chi connectivity index (χ0) is 13.1. The molecule has 1 heterocycles. The quantitative estimate of drug-likeness (QED) is 0.868. The highest BCUT2D eigenvalue weighted by Gasteiger charge is 2.11. The van der Waals surface area contributed by atoms with E-state index in [0.717, 1.165) is 0 Å². The molecule has 0 aliphatic rings. The van der Waals surface area contributed by atoms with Gasteiger partial charge in [0.1, 0.15) is 11.9 Å². The molecule has 2 N–H and O–H groups in total. The van der Waals surface area contributed by atoms with Gasteiger partial charge in [-0.3, -0.25) is 9.78 Å². The number of aromatic nitrogens is 1. The van der Waals surface area contributed by atoms with Crippen molar-refractivity contribution in [3.8, 4) is 0 Å². The molecule has 1 aromatic heterocycles. The van der Waals surface area contributed by atoms with Crippen molar-refractivity contribution in [3.05, 3.63) is 41.8 Å². The van der Waals surface area contributed by atoms with E-state index in [-0.39, 0.29) is 12.4 Å². The Morgan fingerprint density at radius 3 is 3.06 bits per heavy atom. The molecule has 4 nitrogen and oxygen atoms in total. The number of fused-ring (bicyclic) bond motifs is 1. The molecule has 0 fully saturated rings. The summed E-state index contributed by atoms with van der Waals surface area (Å²) in [7, 11) is 0. The van der Waals surface area contributed by atoms with E-state index in [0.29, 0.717) is 16.5 Å². The lowest BCUT2D eigenvalue weighted by atomic mass is 10.1. The maximum Gasteiger partial charge on any atom is 0.320 e. The summed E-state index contributed by atoms with van der Waals surface area (Å²) >= 11 is 0. The Morgan fingerprint density at radius 1 is 1.56 bits per heavy atom. The number of halogens is 1. The Hall–Kier alpha value is -2.01. The number of nitrogens with zero attached hydrogens (tertiary/aromatic N) is 1. The number of carboxylic acid groups (broad SMARTS) is 1. The molecule has 1 unspecified atom stereocenters. The van der Waals surface area contributed by atoms with Gasteiger partial charge in [-0.1, -0.05) is 6.07 Å². The van der Waals surface area contributed by atoms with Gasteiger partial charge in [-0.25, -0.2) is 4.39 Å². The SMILES string of the molecule is CC(NCc1cc(F)cc2cccnc12)C(=O)O. The van der Waals surface area contributed by atoms with Crippen LogP contribution in [0.15, 0.2) is 30.5 Å². The first-order valence-corrected chi connectivity index (χ1v) is 5.57. The number of hydrogen-bond acceptors (Lipinski definition) is 3. The van der Waals surface area contributed by atoms with Gasteiger partial charge in [-0.05, 0) is 30.7 Å². The fraction of sp³-hybridized carbons (Fsp3) is 0.231. The van der Waals surface area contributed by atoms with Crippen LogP contribution in [0, 0.1) is 5.82 Å². The molecule has 2 rings (SSSR count). The van der Waals surface area contributed by atoms with Crippen LogP contribution < -0.4 is 5.32 Å². The van der Waals surface area contributed by atoms with Crippen LogP contribution in [0.3, 0.4) is 0 Å². The van der Waals surface area contributed by atoms with Crippen molar-refractivity contribution in [1.82, 2.24) is 10.3 Å². The van der Waals surface area contributed by atoms with Crippen molar-refractivity contribution in [2.45, 2.75) is 19.5 Å². The molecule has 0 saturated heterocycles. The Morgan fingerprint density at radius 2 is 2.33 bits per heavy atom. The third kappa shape index (κ3) is 2.62. The van der Waals surface area contributed by atoms with Crippen LogP contribution in [0.5, 0.6) is 0 Å². The summed E-state index contributed by atoms with van der Waals surface area (Å²) in [6.07, 6.45) is 1.63. The van der Waals surface area contributed by atoms with E-state index in [9.17, 15) is 9.18 Å². The van der Waals surface area contributed by atoms with Gasteiger partial charge in [-0.2, -0.15) is 0 Å². The number of hydrogen-bond donors (Lipinski definition) is 2. The van der Waals surface area contributed by atoms with Crippen LogP contribution >= 0.6 is 0 Å². The van der Waals surface area contributed by atoms with Crippen molar-refractivity contribution in [2.75, 3.05) is 0 Å². The number of benzene rings is 1. The largest absolute Gasteiger partial charge is 0.480 e. The highest BCUT2D eigenvalue weighted by molar-refractivity contribution is 5.81. The smallest absolute Gasteiger partial charge is 0.320 e. The minimum absolute atomic E-state index is 0.263. The molecule has 0 saturated carbocycles. The Kier molecular flexibility index (Phi) is 3.53. The van der Waals surface area contributed by atoms with Gasteiger partial charge in [0.15, 0.2) is 0 Å². The summed E-state index contributed by atoms with van der Waals surface area (Å²) in [6.45, 7) is 1.80. The van der Waals surface area contributed by atoms with Crippen molar-refractivity contribution < 1.29 is 14.3 Å². The first-order chi connectivity index (χ1) is 8.58. The van der Waals surface area contributed by atoms with E-state index in [2.05, 4.69) is 10.3 Å². The van der Waals surface area contributed by atoms with Gasteiger partial charge in [-0.15, -0.1) is 0 Å². The standard InChI is InChI=1S/C13H13FN2O2/c1-8(13(17)18)16-7-10-6-11(14)5-9-3-2-4-15-12(9)10/h2-6,8,16H,7H2,1H3,(H,17,18). The first-order valence-electron chi connectivity index (χ1n) is 5.57. The van der Waals surface area contributed by atoms with Crippen LogP contribution in [-0.4, -0.2) is 22.1 Å². The van der Waals surface area contributed by atoms with Crippen LogP contribution in [-0.2, 0) is 11.3 Å². The molecule has 0 spiro atoms. The van der Waals surface area contributed by atoms with E-state index in [4.69, 9.17) is 5.11 Å². The second-order valence-electron chi connectivity index (χ2n) is 4.08. The van der Waals surface area contributed by atoms with E-state index in [1.165, 1.54) is 19.1 Å². The normalized spacial score (nSPS) is 12.6. The number of nitrogens with one attached hydrogen (secondary N) is 1. The minimum Gasteiger partial charge on any atom is -0.480 e. The van der Waals surface area contributed by atoms with Gasteiger partial charge in [0, 0.05) is 18.1 Å². The van der Waals surface area contributed by atoms with Crippen molar-refractivity contribution in [3.63, 3.8) is 0 Å². The predicted molar refractivity (Wildman–Crippen MR) is 65.6 cm³/mol. The van der Waals surface area contributed by atoms with Gasteiger partial charge >= 0.3 is 5.97 Å². The predicted octanol–water partition coefficient (Wildman–Crippen LogP) is 1.94. The maximum absolute atomic E-state index is 13.4. The lowest BCUT2D eigenvalue weighted by molar-refractivity contribution is -0.139. The van der Waals surface area contributed by atoms with Gasteiger partial charge in [0.25, 0.3) is 0 Å². The molecule has 94 valence electrons. The van der Waals surface area contributed by atoms with Crippen LogP contribution in [0.2, 0.25) is 0 Å². The average molecular weight is 248 g/mol. The van der Waals surface area contributed by atoms with E-state index in [1.54, 1.807) is 18.3 Å². The summed E-state index contributed by atoms with van der Waals surface area (Å²) in [4.78, 5) is 14.9. The topological polar surface area (TPSA) is 62.2 Å². The summed E-state index contributed by atoms with van der Waals surface area (Å²) in [5, 5.41) is 12.3. The molecule has 5 heteroatoms. The fourth-order valence-electron chi connectivity index (χ4n) is 1.71. The number of carbonyl (C=O) groups is 1. The molecule has 0 aliphatic heterocycles. The molecule has 1 atom stereocenters. The highest BCUT2D eigenvalue weighted by atomic mass is 19.1. The van der Waals surface area contributed by atoms with E-state index < -0.39 is 12.0 Å². The maximum atomic E-state index is 13.4. The Labute approximate surface area is 103 Å². The second-order valence-corrected chi connectivity index (χ2v) is 4.08. The molecular weight excluding hydrogens is 235 g/mol. The molecule has 0 radical (unpaired) electrons. The molecular formula is C13H13FN2O2. The zero-order valence-electron chi connectivity index (χ0n) is 9.85. The molecule has 0 aliphatic carbocycles. The first kappa shape index (κ1) is 12.4. The van der Waals surface area contributed by atoms with Crippen molar-refractivity contribution >= 4 is 16.9 Å². The minimum atomic E-state index is -0.941. The van der Waals surface area contributed by atoms with Crippen LogP contribution in [0.25, 0.3) is 10.9 Å². The Balaban J connectivity index is 2.29. The summed E-state index contributed by atoms with van der Waals surface area (Å²) in [6, 6.07) is 5.60. The summed E-state index contributed by atoms with van der Waals surface area (Å²) < 4.78 is 13.4. The van der Waals surface area contributed by atoms with Crippen molar-refractivity contribution in [2.24, 2.45) is 0 Å². The summed E-state index contributed by atoms with van der Waals surface area (Å²) in [5.41, 5.74) is 1.34. The second kappa shape index (κ2) is 5.10. The Bertz CT molecular complexity index is 586. The molecule has 0 amide bonds. The summed E-state index contributed by atoms with van der Waals surface area (Å²) in [5.74, 6) is -1.29.